The number of ether oxygens (including phenoxy) is 1. The Balaban J connectivity index is 1.94. The molecule has 1 heterocycles. The molecule has 1 fully saturated rings. The fourth-order valence-corrected chi connectivity index (χ4v) is 4.97. The first-order chi connectivity index (χ1) is 12.7. The summed E-state index contributed by atoms with van der Waals surface area (Å²) >= 11 is 3.34. The van der Waals surface area contributed by atoms with Crippen LogP contribution in [-0.4, -0.2) is 55.4 Å². The molecule has 0 aliphatic carbocycles. The van der Waals surface area contributed by atoms with Gasteiger partial charge >= 0.3 is 5.97 Å². The lowest BCUT2D eigenvalue weighted by atomic mass is 10.1. The van der Waals surface area contributed by atoms with E-state index in [1.54, 1.807) is 11.0 Å². The highest BCUT2D eigenvalue weighted by atomic mass is 79.9. The number of hydrogen-bond donors (Lipinski definition) is 0. The molecule has 8 heteroatoms. The first-order valence-electron chi connectivity index (χ1n) is 8.84. The molecule has 1 aromatic rings. The van der Waals surface area contributed by atoms with Crippen molar-refractivity contribution in [3.63, 3.8) is 0 Å². The molecule has 1 aliphatic rings. The zero-order chi connectivity index (χ0) is 20.0. The predicted molar refractivity (Wildman–Crippen MR) is 108 cm³/mol. The number of rotatable bonds is 7. The van der Waals surface area contributed by atoms with Crippen LogP contribution in [0.1, 0.15) is 32.3 Å². The van der Waals surface area contributed by atoms with Gasteiger partial charge in [0, 0.05) is 22.6 Å². The van der Waals surface area contributed by atoms with Crippen molar-refractivity contribution >= 4 is 43.7 Å². The number of sulfone groups is 1. The quantitative estimate of drug-likeness (QED) is 0.464. The molecule has 0 saturated carbocycles. The zero-order valence-corrected chi connectivity index (χ0v) is 17.8. The van der Waals surface area contributed by atoms with Gasteiger partial charge in [-0.2, -0.15) is 0 Å². The van der Waals surface area contributed by atoms with Gasteiger partial charge < -0.3 is 9.64 Å². The molecule has 6 nitrogen and oxygen atoms in total. The third kappa shape index (κ3) is 6.46. The number of hydrogen-bond acceptors (Lipinski definition) is 5. The minimum Gasteiger partial charge on any atom is -0.452 e. The SMILES string of the molecule is CC[C@H](C)N(C(=O)COC(=O)/C=C/c1ccc(Br)cc1)[C@@H]1CCS(=O)(=O)C1. The Morgan fingerprint density at radius 2 is 2.00 bits per heavy atom. The maximum Gasteiger partial charge on any atom is 0.331 e. The van der Waals surface area contributed by atoms with Gasteiger partial charge in [0.2, 0.25) is 0 Å². The highest BCUT2D eigenvalue weighted by Crippen LogP contribution is 2.21. The van der Waals surface area contributed by atoms with Crippen LogP contribution in [0, 0.1) is 0 Å². The fourth-order valence-electron chi connectivity index (χ4n) is 2.99. The van der Waals surface area contributed by atoms with Gasteiger partial charge in [0.25, 0.3) is 5.91 Å². The Bertz CT molecular complexity index is 804. The summed E-state index contributed by atoms with van der Waals surface area (Å²) in [5, 5.41) is 0. The summed E-state index contributed by atoms with van der Waals surface area (Å²) in [7, 11) is -3.11. The first-order valence-corrected chi connectivity index (χ1v) is 11.4. The van der Waals surface area contributed by atoms with E-state index < -0.39 is 22.4 Å². The Kier molecular flexibility index (Phi) is 7.61. The smallest absolute Gasteiger partial charge is 0.331 e. The van der Waals surface area contributed by atoms with E-state index in [0.717, 1.165) is 10.0 Å². The van der Waals surface area contributed by atoms with E-state index in [-0.39, 0.29) is 29.5 Å². The van der Waals surface area contributed by atoms with Crippen molar-refractivity contribution in [3.8, 4) is 0 Å². The molecule has 0 unspecified atom stereocenters. The Hall–Kier alpha value is -1.67. The van der Waals surface area contributed by atoms with Gasteiger partial charge in [-0.1, -0.05) is 35.0 Å². The van der Waals surface area contributed by atoms with Gasteiger partial charge in [0.05, 0.1) is 11.5 Å². The number of benzene rings is 1. The molecule has 0 N–H and O–H groups in total. The van der Waals surface area contributed by atoms with Crippen LogP contribution in [0.2, 0.25) is 0 Å². The van der Waals surface area contributed by atoms with Crippen LogP contribution >= 0.6 is 15.9 Å². The number of carbonyl (C=O) groups excluding carboxylic acids is 2. The van der Waals surface area contributed by atoms with Gasteiger partial charge in [-0.15, -0.1) is 0 Å². The Labute approximate surface area is 168 Å². The van der Waals surface area contributed by atoms with Crippen LogP contribution in [0.5, 0.6) is 0 Å². The standard InChI is InChI=1S/C19H24BrNO5S/c1-3-14(2)21(17-10-11-27(24,25)13-17)18(22)12-26-19(23)9-6-15-4-7-16(20)8-5-15/h4-9,14,17H,3,10-13H2,1-2H3/b9-6+/t14-,17+/m0/s1. The largest absolute Gasteiger partial charge is 0.452 e. The van der Waals surface area contributed by atoms with E-state index in [9.17, 15) is 18.0 Å². The summed E-state index contributed by atoms with van der Waals surface area (Å²) in [6.07, 6.45) is 3.99. The van der Waals surface area contributed by atoms with Crippen LogP contribution in [0.15, 0.2) is 34.8 Å². The van der Waals surface area contributed by atoms with E-state index in [2.05, 4.69) is 15.9 Å². The topological polar surface area (TPSA) is 80.8 Å². The second-order valence-corrected chi connectivity index (χ2v) is 9.75. The molecule has 27 heavy (non-hydrogen) atoms. The molecule has 2 rings (SSSR count). The van der Waals surface area contributed by atoms with Crippen molar-refractivity contribution in [2.24, 2.45) is 0 Å². The zero-order valence-electron chi connectivity index (χ0n) is 15.4. The highest BCUT2D eigenvalue weighted by molar-refractivity contribution is 9.10. The second-order valence-electron chi connectivity index (χ2n) is 6.61. The van der Waals surface area contributed by atoms with E-state index in [1.807, 2.05) is 38.1 Å². The van der Waals surface area contributed by atoms with Crippen LogP contribution in [0.25, 0.3) is 6.08 Å². The number of carbonyl (C=O) groups is 2. The van der Waals surface area contributed by atoms with E-state index in [1.165, 1.54) is 6.08 Å². The molecular weight excluding hydrogens is 434 g/mol. The molecule has 0 spiro atoms. The summed E-state index contributed by atoms with van der Waals surface area (Å²) in [5.41, 5.74) is 0.832. The van der Waals surface area contributed by atoms with Gasteiger partial charge in [0.1, 0.15) is 0 Å². The maximum absolute atomic E-state index is 12.6. The summed E-state index contributed by atoms with van der Waals surface area (Å²) in [6.45, 7) is 3.41. The molecule has 0 bridgehead atoms. The maximum atomic E-state index is 12.6. The third-order valence-corrected chi connectivity index (χ3v) is 6.85. The second kappa shape index (κ2) is 9.50. The number of amides is 1. The van der Waals surface area contributed by atoms with Crippen LogP contribution < -0.4 is 0 Å². The van der Waals surface area contributed by atoms with Crippen molar-refractivity contribution in [1.29, 1.82) is 0 Å². The molecule has 1 aliphatic heterocycles. The van der Waals surface area contributed by atoms with Crippen molar-refractivity contribution in [2.45, 2.75) is 38.8 Å². The van der Waals surface area contributed by atoms with Crippen molar-refractivity contribution in [2.75, 3.05) is 18.1 Å². The minimum absolute atomic E-state index is 0.0273. The Morgan fingerprint density at radius 1 is 1.33 bits per heavy atom. The van der Waals surface area contributed by atoms with Gasteiger partial charge in [-0.05, 0) is 43.5 Å². The highest BCUT2D eigenvalue weighted by Gasteiger charge is 2.36. The number of halogens is 1. The first kappa shape index (κ1) is 21.6. The van der Waals surface area contributed by atoms with Crippen LogP contribution in [0.4, 0.5) is 0 Å². The number of esters is 1. The average Bonchev–Trinajstić information content (AvgIpc) is 2.98. The molecule has 1 aromatic carbocycles. The van der Waals surface area contributed by atoms with Gasteiger partial charge in [-0.3, -0.25) is 4.79 Å². The van der Waals surface area contributed by atoms with Crippen LogP contribution in [0.3, 0.4) is 0 Å². The lowest BCUT2D eigenvalue weighted by molar-refractivity contribution is -0.150. The van der Waals surface area contributed by atoms with Crippen molar-refractivity contribution < 1.29 is 22.7 Å². The molecule has 0 aromatic heterocycles. The molecule has 0 radical (unpaired) electrons. The Morgan fingerprint density at radius 3 is 2.56 bits per heavy atom. The summed E-state index contributed by atoms with van der Waals surface area (Å²) in [6, 6.07) is 6.92. The predicted octanol–water partition coefficient (Wildman–Crippen LogP) is 2.82. The molecule has 2 atom stereocenters. The van der Waals surface area contributed by atoms with Crippen LogP contribution in [-0.2, 0) is 24.2 Å². The lowest BCUT2D eigenvalue weighted by Gasteiger charge is -2.33. The molecular formula is C19H24BrNO5S. The average molecular weight is 458 g/mol. The number of nitrogens with zero attached hydrogens (tertiary/aromatic N) is 1. The van der Waals surface area contributed by atoms with Gasteiger partial charge in [-0.25, -0.2) is 13.2 Å². The van der Waals surface area contributed by atoms with E-state index in [4.69, 9.17) is 4.74 Å². The molecule has 1 saturated heterocycles. The van der Waals surface area contributed by atoms with E-state index >= 15 is 0 Å². The van der Waals surface area contributed by atoms with Gasteiger partial charge in [0.15, 0.2) is 16.4 Å². The van der Waals surface area contributed by atoms with Crippen molar-refractivity contribution in [1.82, 2.24) is 4.90 Å². The normalized spacial score (nSPS) is 19.7. The molecule has 148 valence electrons. The summed E-state index contributed by atoms with van der Waals surface area (Å²) in [4.78, 5) is 26.0. The summed E-state index contributed by atoms with van der Waals surface area (Å²) < 4.78 is 29.5. The van der Waals surface area contributed by atoms with E-state index in [0.29, 0.717) is 12.8 Å². The summed E-state index contributed by atoms with van der Waals surface area (Å²) in [5.74, 6) is -0.917. The molecule has 1 amide bonds. The fraction of sp³-hybridized carbons (Fsp3) is 0.474. The lowest BCUT2D eigenvalue weighted by Crippen LogP contribution is -2.48. The monoisotopic (exact) mass is 457 g/mol. The third-order valence-electron chi connectivity index (χ3n) is 4.58. The minimum atomic E-state index is -3.11. The van der Waals surface area contributed by atoms with Crippen molar-refractivity contribution in [3.05, 3.63) is 40.4 Å².